The summed E-state index contributed by atoms with van der Waals surface area (Å²) in [7, 11) is -2.30. The third kappa shape index (κ3) is 3.99. The first kappa shape index (κ1) is 23.5. The Hall–Kier alpha value is 0.270. The molecule has 7 atom stereocenters. The van der Waals surface area contributed by atoms with Crippen molar-refractivity contribution >= 4 is 7.72 Å². The van der Waals surface area contributed by atoms with Crippen LogP contribution >= 0.6 is 7.72 Å². The lowest BCUT2D eigenvalue weighted by Gasteiger charge is -2.42. The highest BCUT2D eigenvalue weighted by molar-refractivity contribution is 7.66. The summed E-state index contributed by atoms with van der Waals surface area (Å²) < 4.78 is 12.8. The van der Waals surface area contributed by atoms with Gasteiger partial charge in [-0.15, -0.1) is 6.66 Å². The molecule has 0 bridgehead atoms. The second kappa shape index (κ2) is 7.20. The van der Waals surface area contributed by atoms with Crippen LogP contribution in [0.3, 0.4) is 0 Å². The maximum Gasteiger partial charge on any atom is 0.142 e. The lowest BCUT2D eigenvalue weighted by Crippen LogP contribution is -2.41. The molecule has 0 aromatic heterocycles. The van der Waals surface area contributed by atoms with Crippen LogP contribution in [0.4, 0.5) is 0 Å². The van der Waals surface area contributed by atoms with Crippen molar-refractivity contribution in [2.45, 2.75) is 80.4 Å². The van der Waals surface area contributed by atoms with Gasteiger partial charge in [0.05, 0.1) is 19.4 Å². The molecule has 0 saturated heterocycles. The van der Waals surface area contributed by atoms with Gasteiger partial charge in [-0.25, -0.2) is 9.05 Å². The zero-order chi connectivity index (χ0) is 21.1. The van der Waals surface area contributed by atoms with Crippen LogP contribution in [-0.4, -0.2) is 42.3 Å². The maximum atomic E-state index is 10.9. The molecule has 5 heteroatoms. The summed E-state index contributed by atoms with van der Waals surface area (Å²) in [4.78, 5) is 0. The molecule has 2 fully saturated rings. The first-order valence-corrected chi connectivity index (χ1v) is 12.6. The van der Waals surface area contributed by atoms with Crippen molar-refractivity contribution in [3.8, 4) is 0 Å². The Bertz CT molecular complexity index is 546. The van der Waals surface area contributed by atoms with E-state index in [1.807, 2.05) is 6.66 Å². The Morgan fingerprint density at radius 2 is 1.63 bits per heavy atom. The summed E-state index contributed by atoms with van der Waals surface area (Å²) in [6.45, 7) is 24.2. The van der Waals surface area contributed by atoms with E-state index < -0.39 is 13.8 Å². The molecular weight excluding hydrogens is 359 g/mol. The van der Waals surface area contributed by atoms with E-state index in [9.17, 15) is 10.2 Å². The molecule has 0 aliphatic heterocycles. The lowest BCUT2D eigenvalue weighted by molar-refractivity contribution is -0.0364. The van der Waals surface area contributed by atoms with Gasteiger partial charge in [0.2, 0.25) is 0 Å². The van der Waals surface area contributed by atoms with Crippen LogP contribution in [0.1, 0.15) is 68.2 Å². The molecule has 2 unspecified atom stereocenters. The second-order valence-electron chi connectivity index (χ2n) is 11.4. The first-order valence-electron chi connectivity index (χ1n) is 10.4. The molecule has 0 aromatic rings. The summed E-state index contributed by atoms with van der Waals surface area (Å²) in [5.41, 5.74) is -0.706. The van der Waals surface area contributed by atoms with E-state index in [-0.39, 0.29) is 34.4 Å². The molecule has 0 aromatic carbocycles. The van der Waals surface area contributed by atoms with Crippen LogP contribution in [0.25, 0.3) is 0 Å². The van der Waals surface area contributed by atoms with Crippen LogP contribution in [0, 0.1) is 40.2 Å². The zero-order valence-corrected chi connectivity index (χ0v) is 19.9. The monoisotopic (exact) mass is 402 g/mol. The maximum absolute atomic E-state index is 10.9. The van der Waals surface area contributed by atoms with Gasteiger partial charge in [0.15, 0.2) is 0 Å². The highest BCUT2D eigenvalue weighted by Gasteiger charge is 2.58. The molecule has 2 aliphatic carbocycles. The molecule has 0 spiro atoms. The van der Waals surface area contributed by atoms with E-state index in [1.165, 1.54) is 0 Å². The number of aliphatic hydroxyl groups is 2. The van der Waals surface area contributed by atoms with Gasteiger partial charge in [0, 0.05) is 17.4 Å². The standard InChI is InChI=1S/C22H43O4P/c1-15-11-22(8,13-23)20(5,6)17(15)26-27(9,10)25-14-21(7)12-16(2)19(3,4)18(21)24/h15-18,23-24H,9,11-14H2,1-8,10H3/t15-,16-,17-,18?,21-,22-,27?/m1/s1. The van der Waals surface area contributed by atoms with Crippen molar-refractivity contribution in [1.29, 1.82) is 0 Å². The predicted octanol–water partition coefficient (Wildman–Crippen LogP) is 5.15. The minimum atomic E-state index is -2.30. The Labute approximate surface area is 167 Å². The Morgan fingerprint density at radius 3 is 2.04 bits per heavy atom. The van der Waals surface area contributed by atoms with Gasteiger partial charge in [-0.1, -0.05) is 55.4 Å². The fraction of sp³-hybridized carbons (Fsp3) is 0.955. The van der Waals surface area contributed by atoms with Gasteiger partial charge in [-0.2, -0.15) is 0 Å². The van der Waals surface area contributed by atoms with Crippen molar-refractivity contribution in [3.63, 3.8) is 0 Å². The summed E-state index contributed by atoms with van der Waals surface area (Å²) >= 11 is 0. The first-order chi connectivity index (χ1) is 12.0. The average molecular weight is 403 g/mol. The van der Waals surface area contributed by atoms with Gasteiger partial charge in [0.1, 0.15) is 13.8 Å². The molecular formula is C22H43O4P. The summed E-state index contributed by atoms with van der Waals surface area (Å²) in [5, 5.41) is 20.9. The summed E-state index contributed by atoms with van der Waals surface area (Å²) in [6, 6.07) is 0. The number of rotatable bonds is 6. The highest BCUT2D eigenvalue weighted by atomic mass is 31.2. The van der Waals surface area contributed by atoms with Crippen LogP contribution in [0.2, 0.25) is 0 Å². The van der Waals surface area contributed by atoms with Crippen LogP contribution in [0.5, 0.6) is 0 Å². The van der Waals surface area contributed by atoms with E-state index in [0.717, 1.165) is 12.8 Å². The number of aliphatic hydroxyl groups excluding tert-OH is 2. The molecule has 160 valence electrons. The molecule has 0 heterocycles. The minimum absolute atomic E-state index is 0.00200. The molecule has 2 rings (SSSR count). The van der Waals surface area contributed by atoms with Crippen LogP contribution in [0.15, 0.2) is 0 Å². The van der Waals surface area contributed by atoms with Crippen LogP contribution < -0.4 is 0 Å². The molecule has 4 nitrogen and oxygen atoms in total. The fourth-order valence-corrected chi connectivity index (χ4v) is 7.15. The quantitative estimate of drug-likeness (QED) is 0.476. The van der Waals surface area contributed by atoms with Gasteiger partial charge in [-0.3, -0.25) is 0 Å². The predicted molar refractivity (Wildman–Crippen MR) is 113 cm³/mol. The average Bonchev–Trinajstić information content (AvgIpc) is 2.81. The topological polar surface area (TPSA) is 58.9 Å². The smallest absolute Gasteiger partial charge is 0.142 e. The van der Waals surface area contributed by atoms with Crippen LogP contribution in [-0.2, 0) is 9.05 Å². The second-order valence-corrected chi connectivity index (χ2v) is 13.9. The SMILES string of the molecule is [CH2-][P+](C)(OC[C@@]1(C)C[C@@H](C)C(C)(C)C1O)O[C@@H]1[C@H](C)C[C@](C)(CO)C1(C)C. The molecule has 0 amide bonds. The van der Waals surface area contributed by atoms with E-state index >= 15 is 0 Å². The highest BCUT2D eigenvalue weighted by Crippen LogP contribution is 2.66. The van der Waals surface area contributed by atoms with E-state index in [4.69, 9.17) is 9.05 Å². The van der Waals surface area contributed by atoms with Gasteiger partial charge >= 0.3 is 0 Å². The molecule has 2 aliphatic rings. The molecule has 27 heavy (non-hydrogen) atoms. The van der Waals surface area contributed by atoms with Crippen molar-refractivity contribution in [2.75, 3.05) is 19.9 Å². The van der Waals surface area contributed by atoms with E-state index in [0.29, 0.717) is 18.4 Å². The molecule has 2 N–H and O–H groups in total. The Balaban J connectivity index is 2.08. The van der Waals surface area contributed by atoms with Crippen molar-refractivity contribution in [3.05, 3.63) is 6.66 Å². The third-order valence-corrected chi connectivity index (χ3v) is 9.66. The number of hydrogen-bond acceptors (Lipinski definition) is 4. The van der Waals surface area contributed by atoms with E-state index in [2.05, 4.69) is 62.1 Å². The lowest BCUT2D eigenvalue weighted by atomic mass is 9.69. The molecule has 0 radical (unpaired) electrons. The van der Waals surface area contributed by atoms with E-state index in [1.54, 1.807) is 0 Å². The normalized spacial score (nSPS) is 45.8. The Kier molecular flexibility index (Phi) is 6.28. The summed E-state index contributed by atoms with van der Waals surface area (Å²) in [5.74, 6) is 0.781. The minimum Gasteiger partial charge on any atom is -0.396 e. The van der Waals surface area contributed by atoms with Crippen molar-refractivity contribution in [2.24, 2.45) is 33.5 Å². The largest absolute Gasteiger partial charge is 0.396 e. The van der Waals surface area contributed by atoms with Gasteiger partial charge < -0.3 is 10.2 Å². The fourth-order valence-electron chi connectivity index (χ4n) is 5.57. The van der Waals surface area contributed by atoms with Gasteiger partial charge in [0.25, 0.3) is 0 Å². The van der Waals surface area contributed by atoms with Gasteiger partial charge in [-0.05, 0) is 35.5 Å². The number of hydrogen-bond donors (Lipinski definition) is 2. The third-order valence-electron chi connectivity index (χ3n) is 8.32. The van der Waals surface area contributed by atoms with Crippen molar-refractivity contribution < 1.29 is 19.3 Å². The zero-order valence-electron chi connectivity index (χ0n) is 19.0. The molecule has 2 saturated carbocycles. The van der Waals surface area contributed by atoms with Crippen molar-refractivity contribution in [1.82, 2.24) is 0 Å². The summed E-state index contributed by atoms with van der Waals surface area (Å²) in [6.07, 6.45) is 1.47. The Morgan fingerprint density at radius 1 is 1.07 bits per heavy atom.